The molecule has 0 amide bonds. The van der Waals surface area contributed by atoms with Crippen LogP contribution in [0.3, 0.4) is 0 Å². The molecule has 0 aromatic heterocycles. The van der Waals surface area contributed by atoms with Crippen LogP contribution < -0.4 is 4.74 Å². The normalized spacial score (nSPS) is 12.9. The first-order valence-corrected chi connectivity index (χ1v) is 7.17. The van der Waals surface area contributed by atoms with Crippen molar-refractivity contribution >= 4 is 19.0 Å². The second kappa shape index (κ2) is 6.44. The Morgan fingerprint density at radius 1 is 1.10 bits per heavy atom. The molecule has 3 heteroatoms. The van der Waals surface area contributed by atoms with E-state index in [1.807, 2.05) is 18.2 Å². The molecule has 2 nitrogen and oxygen atoms in total. The minimum atomic E-state index is 0.599. The summed E-state index contributed by atoms with van der Waals surface area (Å²) in [5.74, 6) is 0.931. The number of benzene rings is 2. The molecule has 0 fully saturated rings. The zero-order valence-electron chi connectivity index (χ0n) is 11.8. The predicted molar refractivity (Wildman–Crippen MR) is 87.3 cm³/mol. The van der Waals surface area contributed by atoms with Crippen molar-refractivity contribution in [3.05, 3.63) is 60.2 Å². The summed E-state index contributed by atoms with van der Waals surface area (Å²) in [4.78, 5) is 10.4. The van der Waals surface area contributed by atoms with Crippen LogP contribution in [0.15, 0.2) is 54.6 Å². The molecule has 103 valence electrons. The van der Waals surface area contributed by atoms with Gasteiger partial charge >= 0.3 is 0 Å². The summed E-state index contributed by atoms with van der Waals surface area (Å²) in [6.45, 7) is 0.599. The summed E-state index contributed by atoms with van der Waals surface area (Å²) in [5.41, 5.74) is 4.75. The molecule has 0 aliphatic carbocycles. The Labute approximate surface area is 125 Å². The van der Waals surface area contributed by atoms with Crippen molar-refractivity contribution in [1.82, 2.24) is 0 Å². The lowest BCUT2D eigenvalue weighted by Gasteiger charge is -2.19. The molecule has 0 saturated heterocycles. The molecule has 0 bridgehead atoms. The van der Waals surface area contributed by atoms with Gasteiger partial charge in [-0.2, -0.15) is 0 Å². The molecular formula is C18H16BO2. The quantitative estimate of drug-likeness (QED) is 0.471. The molecule has 0 spiro atoms. The highest BCUT2D eigenvalue weighted by molar-refractivity contribution is 6.66. The summed E-state index contributed by atoms with van der Waals surface area (Å²) in [6.07, 6.45) is 4.61. The number of hydrogen-bond acceptors (Lipinski definition) is 2. The van der Waals surface area contributed by atoms with Gasteiger partial charge in [0.1, 0.15) is 12.4 Å². The average molecular weight is 275 g/mol. The van der Waals surface area contributed by atoms with Crippen molar-refractivity contribution in [3.63, 3.8) is 0 Å². The topological polar surface area (TPSA) is 26.3 Å². The largest absolute Gasteiger partial charge is 0.489 e. The van der Waals surface area contributed by atoms with Gasteiger partial charge in [0.15, 0.2) is 7.28 Å². The molecule has 0 atom stereocenters. The van der Waals surface area contributed by atoms with Gasteiger partial charge in [0.25, 0.3) is 0 Å². The third-order valence-corrected chi connectivity index (χ3v) is 3.68. The molecule has 0 N–H and O–H groups in total. The van der Waals surface area contributed by atoms with Crippen LogP contribution in [0.1, 0.15) is 12.0 Å². The smallest absolute Gasteiger partial charge is 0.197 e. The van der Waals surface area contributed by atoms with Gasteiger partial charge < -0.3 is 9.53 Å². The molecular weight excluding hydrogens is 259 g/mol. The zero-order chi connectivity index (χ0) is 14.5. The minimum Gasteiger partial charge on any atom is -0.489 e. The highest BCUT2D eigenvalue weighted by atomic mass is 16.5. The summed E-state index contributed by atoms with van der Waals surface area (Å²) in [7, 11) is 1.66. The SMILES string of the molecule is O=C[B]CCC1=CCOc2cc(-c3ccccc3)ccc21. The Balaban J connectivity index is 1.86. The highest BCUT2D eigenvalue weighted by Crippen LogP contribution is 2.35. The van der Waals surface area contributed by atoms with E-state index in [1.54, 1.807) is 7.28 Å². The second-order valence-electron chi connectivity index (χ2n) is 5.03. The van der Waals surface area contributed by atoms with E-state index < -0.39 is 0 Å². The lowest BCUT2D eigenvalue weighted by molar-refractivity contribution is 0.357. The molecule has 0 unspecified atom stereocenters. The number of ether oxygens (including phenoxy) is 1. The first-order chi connectivity index (χ1) is 10.4. The van der Waals surface area contributed by atoms with E-state index >= 15 is 0 Å². The van der Waals surface area contributed by atoms with Gasteiger partial charge in [-0.25, -0.2) is 0 Å². The third kappa shape index (κ3) is 3.08. The maximum absolute atomic E-state index is 10.4. The molecule has 2 aromatic rings. The first kappa shape index (κ1) is 13.7. The minimum absolute atomic E-state index is 0.599. The molecule has 1 aliphatic heterocycles. The molecule has 1 aliphatic rings. The number of carbonyl (C=O) groups is 1. The molecule has 1 heterocycles. The van der Waals surface area contributed by atoms with Crippen molar-refractivity contribution in [2.45, 2.75) is 12.7 Å². The van der Waals surface area contributed by atoms with Crippen LogP contribution in [0, 0.1) is 0 Å². The number of carbonyl (C=O) groups excluding carboxylic acids is 1. The maximum atomic E-state index is 10.4. The van der Waals surface area contributed by atoms with Crippen molar-refractivity contribution in [3.8, 4) is 16.9 Å². The standard InChI is InChI=1S/C18H16BO2/c20-13-19-10-8-15-9-11-21-18-12-16(6-7-17(15)18)14-4-2-1-3-5-14/h1-7,9,12-13H,8,10-11H2. The van der Waals surface area contributed by atoms with Gasteiger partial charge in [0.2, 0.25) is 0 Å². The van der Waals surface area contributed by atoms with Crippen LogP contribution >= 0.6 is 0 Å². The van der Waals surface area contributed by atoms with E-state index in [0.29, 0.717) is 6.61 Å². The van der Waals surface area contributed by atoms with Crippen molar-refractivity contribution in [2.24, 2.45) is 0 Å². The van der Waals surface area contributed by atoms with E-state index in [-0.39, 0.29) is 0 Å². The summed E-state index contributed by atoms with van der Waals surface area (Å²) >= 11 is 0. The third-order valence-electron chi connectivity index (χ3n) is 3.68. The summed E-state index contributed by atoms with van der Waals surface area (Å²) in [6, 6.07) is 16.6. The van der Waals surface area contributed by atoms with E-state index in [2.05, 4.69) is 36.4 Å². The van der Waals surface area contributed by atoms with E-state index in [1.165, 1.54) is 11.1 Å². The van der Waals surface area contributed by atoms with Gasteiger partial charge in [-0.3, -0.25) is 0 Å². The Hall–Kier alpha value is -2.29. The van der Waals surface area contributed by atoms with Crippen LogP contribution in [-0.2, 0) is 4.79 Å². The van der Waals surface area contributed by atoms with Crippen LogP contribution in [0.25, 0.3) is 16.7 Å². The Bertz CT molecular complexity index is 662. The molecule has 2 aromatic carbocycles. The Morgan fingerprint density at radius 3 is 2.76 bits per heavy atom. The predicted octanol–water partition coefficient (Wildman–Crippen LogP) is 3.83. The zero-order valence-corrected chi connectivity index (χ0v) is 11.8. The fourth-order valence-electron chi connectivity index (χ4n) is 2.60. The van der Waals surface area contributed by atoms with Crippen molar-refractivity contribution in [2.75, 3.05) is 6.61 Å². The first-order valence-electron chi connectivity index (χ1n) is 7.17. The fraction of sp³-hybridized carbons (Fsp3) is 0.167. The van der Waals surface area contributed by atoms with Crippen molar-refractivity contribution < 1.29 is 9.53 Å². The van der Waals surface area contributed by atoms with Gasteiger partial charge in [-0.1, -0.05) is 48.8 Å². The molecule has 0 saturated carbocycles. The van der Waals surface area contributed by atoms with E-state index in [0.717, 1.165) is 35.8 Å². The molecule has 3 rings (SSSR count). The van der Waals surface area contributed by atoms with Crippen LogP contribution in [0.5, 0.6) is 5.75 Å². The lowest BCUT2D eigenvalue weighted by atomic mass is 9.74. The number of rotatable bonds is 5. The fourth-order valence-corrected chi connectivity index (χ4v) is 2.60. The van der Waals surface area contributed by atoms with Crippen LogP contribution in [0.4, 0.5) is 0 Å². The van der Waals surface area contributed by atoms with Gasteiger partial charge in [-0.15, -0.1) is 0 Å². The number of allylic oxidation sites excluding steroid dienone is 1. The monoisotopic (exact) mass is 275 g/mol. The van der Waals surface area contributed by atoms with Gasteiger partial charge in [-0.05, 0) is 35.3 Å². The summed E-state index contributed by atoms with van der Waals surface area (Å²) < 4.78 is 5.77. The van der Waals surface area contributed by atoms with Crippen molar-refractivity contribution in [1.29, 1.82) is 0 Å². The Morgan fingerprint density at radius 2 is 1.95 bits per heavy atom. The summed E-state index contributed by atoms with van der Waals surface area (Å²) in [5, 5.41) is 0. The van der Waals surface area contributed by atoms with Gasteiger partial charge in [0, 0.05) is 5.56 Å². The second-order valence-corrected chi connectivity index (χ2v) is 5.03. The van der Waals surface area contributed by atoms with E-state index in [9.17, 15) is 4.79 Å². The molecule has 21 heavy (non-hydrogen) atoms. The van der Waals surface area contributed by atoms with Crippen LogP contribution in [-0.4, -0.2) is 20.1 Å². The lowest BCUT2D eigenvalue weighted by Crippen LogP contribution is -2.05. The maximum Gasteiger partial charge on any atom is 0.197 e. The van der Waals surface area contributed by atoms with E-state index in [4.69, 9.17) is 4.74 Å². The van der Waals surface area contributed by atoms with Gasteiger partial charge in [0.05, 0.1) is 6.19 Å². The average Bonchev–Trinajstić information content (AvgIpc) is 2.55. The number of hydrogen-bond donors (Lipinski definition) is 0. The highest BCUT2D eigenvalue weighted by Gasteiger charge is 2.14. The Kier molecular flexibility index (Phi) is 4.20. The number of fused-ring (bicyclic) bond motifs is 1. The van der Waals surface area contributed by atoms with Crippen LogP contribution in [0.2, 0.25) is 6.32 Å². The molecule has 1 radical (unpaired) electrons.